The summed E-state index contributed by atoms with van der Waals surface area (Å²) in [5.41, 5.74) is 5.33. The molecule has 0 aromatic heterocycles. The van der Waals surface area contributed by atoms with Crippen LogP contribution in [-0.2, 0) is 0 Å². The summed E-state index contributed by atoms with van der Waals surface area (Å²) in [6.45, 7) is 7.13. The molecule has 0 aromatic rings. The topological polar surface area (TPSA) is 50.1 Å². The van der Waals surface area contributed by atoms with Crippen LogP contribution in [0.5, 0.6) is 0 Å². The Morgan fingerprint density at radius 3 is 2.08 bits per heavy atom. The van der Waals surface area contributed by atoms with Gasteiger partial charge in [-0.15, -0.1) is 0 Å². The summed E-state index contributed by atoms with van der Waals surface area (Å²) in [5.74, 6) is 0. The lowest BCUT2D eigenvalue weighted by molar-refractivity contribution is 0.584. The highest BCUT2D eigenvalue weighted by molar-refractivity contribution is 5.75. The second-order valence-electron chi connectivity index (χ2n) is 3.00. The van der Waals surface area contributed by atoms with E-state index in [4.69, 9.17) is 5.73 Å². The third-order valence-electron chi connectivity index (χ3n) is 1.76. The smallest absolute Gasteiger partial charge is 0.187 e. The second-order valence-corrected chi connectivity index (χ2v) is 3.00. The fourth-order valence-electron chi connectivity index (χ4n) is 1.03. The van der Waals surface area contributed by atoms with Crippen LogP contribution < -0.4 is 16.4 Å². The third kappa shape index (κ3) is 15.2. The van der Waals surface area contributed by atoms with Gasteiger partial charge < -0.3 is 16.4 Å². The summed E-state index contributed by atoms with van der Waals surface area (Å²) in [7, 11) is 0. The molecule has 0 rings (SSSR count). The first kappa shape index (κ1) is 15.9. The Bertz CT molecular complexity index is 71.3. The van der Waals surface area contributed by atoms with Crippen molar-refractivity contribution in [1.29, 1.82) is 0 Å². The minimum absolute atomic E-state index is 0. The Morgan fingerprint density at radius 2 is 1.54 bits per heavy atom. The highest BCUT2D eigenvalue weighted by Gasteiger charge is 1.87. The maximum Gasteiger partial charge on any atom is 0.187 e. The average Bonchev–Trinajstić information content (AvgIpc) is 2.10. The molecule has 80 valence electrons. The van der Waals surface area contributed by atoms with Crippen molar-refractivity contribution in [2.45, 2.75) is 26.2 Å². The molecule has 0 aliphatic rings. The molecule has 0 saturated heterocycles. The van der Waals surface area contributed by atoms with Crippen LogP contribution in [0.4, 0.5) is 0 Å². The summed E-state index contributed by atoms with van der Waals surface area (Å²) in [6.07, 6.45) is 3.93. The quantitative estimate of drug-likeness (QED) is 0.337. The zero-order valence-corrected chi connectivity index (χ0v) is 8.23. The monoisotopic (exact) mass is 203 g/mol. The Labute approximate surface area is 93.0 Å². The van der Waals surface area contributed by atoms with E-state index in [1.165, 1.54) is 19.3 Å². The highest BCUT2D eigenvalue weighted by atomic mass is 27.0. The Balaban J connectivity index is 0. The van der Waals surface area contributed by atoms with Crippen molar-refractivity contribution in [1.82, 2.24) is 10.6 Å². The van der Waals surface area contributed by atoms with Gasteiger partial charge in [-0.3, -0.25) is 0 Å². The van der Waals surface area contributed by atoms with E-state index in [-0.39, 0.29) is 17.4 Å². The van der Waals surface area contributed by atoms with Crippen LogP contribution in [-0.4, -0.2) is 50.1 Å². The van der Waals surface area contributed by atoms with E-state index >= 15 is 0 Å². The van der Waals surface area contributed by atoms with Crippen LogP contribution in [0.2, 0.25) is 0 Å². The molecule has 0 aliphatic carbocycles. The maximum absolute atomic E-state index is 5.33. The molecular weight excluding hydrogens is 177 g/mol. The molecule has 0 heterocycles. The fourth-order valence-corrected chi connectivity index (χ4v) is 1.03. The predicted octanol–water partition coefficient (Wildman–Crippen LogP) is -0.869. The lowest BCUT2D eigenvalue weighted by Crippen LogP contribution is -2.31. The van der Waals surface area contributed by atoms with E-state index in [1.54, 1.807) is 0 Å². The number of hydrogen-bond donors (Lipinski definition) is 3. The number of unbranched alkanes of at least 4 members (excludes halogenated alkanes) is 2. The van der Waals surface area contributed by atoms with E-state index < -0.39 is 0 Å². The summed E-state index contributed by atoms with van der Waals surface area (Å²) < 4.78 is 0. The summed E-state index contributed by atoms with van der Waals surface area (Å²) in [5, 5.41) is 6.61. The summed E-state index contributed by atoms with van der Waals surface area (Å²) in [4.78, 5) is 0. The molecule has 0 saturated carbocycles. The average molecular weight is 203 g/mol. The molecule has 0 fully saturated rings. The zero-order chi connectivity index (χ0) is 9.07. The van der Waals surface area contributed by atoms with Crippen LogP contribution in [0, 0.1) is 0 Å². The molecule has 0 unspecified atom stereocenters. The highest BCUT2D eigenvalue weighted by Crippen LogP contribution is 1.90. The van der Waals surface area contributed by atoms with Crippen LogP contribution in [0.15, 0.2) is 0 Å². The molecule has 3 nitrogen and oxygen atoms in total. The summed E-state index contributed by atoms with van der Waals surface area (Å²) >= 11 is 0. The molecule has 0 spiro atoms. The standard InChI is InChI=1S/C9H23N3.Al.3H/c1-2-3-4-6-11-8-9-12-7-5-10;;;;/h11-12H,2-10H2,1H3;;;;. The van der Waals surface area contributed by atoms with Gasteiger partial charge in [-0.05, 0) is 13.0 Å². The lowest BCUT2D eigenvalue weighted by Gasteiger charge is -2.04. The minimum Gasteiger partial charge on any atom is -0.329 e. The zero-order valence-electron chi connectivity index (χ0n) is 8.23. The molecule has 4 heteroatoms. The van der Waals surface area contributed by atoms with Gasteiger partial charge in [-0.25, -0.2) is 0 Å². The van der Waals surface area contributed by atoms with Crippen molar-refractivity contribution >= 4 is 17.4 Å². The van der Waals surface area contributed by atoms with Gasteiger partial charge in [0.05, 0.1) is 0 Å². The van der Waals surface area contributed by atoms with E-state index in [1.807, 2.05) is 0 Å². The van der Waals surface area contributed by atoms with Gasteiger partial charge in [-0.2, -0.15) is 0 Å². The van der Waals surface area contributed by atoms with Crippen molar-refractivity contribution in [2.24, 2.45) is 5.73 Å². The van der Waals surface area contributed by atoms with E-state index in [9.17, 15) is 0 Å². The third-order valence-corrected chi connectivity index (χ3v) is 1.76. The van der Waals surface area contributed by atoms with Gasteiger partial charge in [-0.1, -0.05) is 19.8 Å². The first-order valence-corrected chi connectivity index (χ1v) is 5.03. The normalized spacial score (nSPS) is 9.69. The maximum atomic E-state index is 5.33. The van der Waals surface area contributed by atoms with Crippen molar-refractivity contribution in [2.75, 3.05) is 32.7 Å². The lowest BCUT2D eigenvalue weighted by atomic mass is 10.2. The molecular formula is C9H26AlN3. The van der Waals surface area contributed by atoms with Crippen molar-refractivity contribution in [3.05, 3.63) is 0 Å². The molecule has 0 radical (unpaired) electrons. The van der Waals surface area contributed by atoms with Gasteiger partial charge in [0, 0.05) is 26.2 Å². The molecule has 0 amide bonds. The predicted molar refractivity (Wildman–Crippen MR) is 64.3 cm³/mol. The molecule has 0 aromatic carbocycles. The van der Waals surface area contributed by atoms with Crippen LogP contribution in [0.1, 0.15) is 26.2 Å². The first-order chi connectivity index (χ1) is 5.91. The van der Waals surface area contributed by atoms with E-state index in [2.05, 4.69) is 17.6 Å². The number of rotatable bonds is 9. The summed E-state index contributed by atoms with van der Waals surface area (Å²) in [6, 6.07) is 0. The number of nitrogens with two attached hydrogens (primary N) is 1. The second kappa shape index (κ2) is 14.9. The largest absolute Gasteiger partial charge is 0.329 e. The van der Waals surface area contributed by atoms with Gasteiger partial charge in [0.1, 0.15) is 0 Å². The van der Waals surface area contributed by atoms with Crippen LogP contribution in [0.3, 0.4) is 0 Å². The molecule has 13 heavy (non-hydrogen) atoms. The molecule has 0 aliphatic heterocycles. The van der Waals surface area contributed by atoms with Gasteiger partial charge >= 0.3 is 0 Å². The van der Waals surface area contributed by atoms with Crippen LogP contribution in [0.25, 0.3) is 0 Å². The fraction of sp³-hybridized carbons (Fsp3) is 1.00. The number of hydrogen-bond acceptors (Lipinski definition) is 3. The van der Waals surface area contributed by atoms with E-state index in [0.717, 1.165) is 32.7 Å². The number of nitrogens with one attached hydrogen (secondary N) is 2. The van der Waals surface area contributed by atoms with Crippen molar-refractivity contribution in [3.63, 3.8) is 0 Å². The van der Waals surface area contributed by atoms with Gasteiger partial charge in [0.25, 0.3) is 0 Å². The molecule has 0 bridgehead atoms. The SMILES string of the molecule is CCCCCNCCNCCN.[AlH3]. The molecule has 4 N–H and O–H groups in total. The first-order valence-electron chi connectivity index (χ1n) is 5.03. The Kier molecular flexibility index (Phi) is 18.2. The van der Waals surface area contributed by atoms with Gasteiger partial charge in [0.15, 0.2) is 17.4 Å². The van der Waals surface area contributed by atoms with E-state index in [0.29, 0.717) is 0 Å². The minimum atomic E-state index is 0. The van der Waals surface area contributed by atoms with Gasteiger partial charge in [0.2, 0.25) is 0 Å². The Morgan fingerprint density at radius 1 is 0.923 bits per heavy atom. The van der Waals surface area contributed by atoms with Crippen LogP contribution >= 0.6 is 0 Å². The van der Waals surface area contributed by atoms with Crippen molar-refractivity contribution < 1.29 is 0 Å². The van der Waals surface area contributed by atoms with Crippen molar-refractivity contribution in [3.8, 4) is 0 Å². The molecule has 0 atom stereocenters. The Hall–Kier alpha value is 0.412.